The van der Waals surface area contributed by atoms with Crippen LogP contribution in [0.5, 0.6) is 0 Å². The van der Waals surface area contributed by atoms with E-state index >= 15 is 0 Å². The molecule has 3 heteroatoms. The van der Waals surface area contributed by atoms with Crippen molar-refractivity contribution in [2.45, 2.75) is 19.4 Å². The summed E-state index contributed by atoms with van der Waals surface area (Å²) in [7, 11) is 0. The fourth-order valence-corrected chi connectivity index (χ4v) is 2.65. The monoisotopic (exact) mass is 283 g/mol. The van der Waals surface area contributed by atoms with E-state index in [1.54, 1.807) is 0 Å². The van der Waals surface area contributed by atoms with Crippen molar-refractivity contribution in [1.29, 1.82) is 0 Å². The zero-order valence-electron chi connectivity index (χ0n) is 9.58. The van der Waals surface area contributed by atoms with Gasteiger partial charge in [0.15, 0.2) is 0 Å². The van der Waals surface area contributed by atoms with Crippen LogP contribution in [0.4, 0.5) is 0 Å². The normalized spacial score (nSPS) is 22.2. The molecule has 16 heavy (non-hydrogen) atoms. The van der Waals surface area contributed by atoms with E-state index in [1.165, 1.54) is 16.5 Å². The molecule has 1 aromatic rings. The molecule has 1 unspecified atom stereocenters. The third-order valence-corrected chi connectivity index (χ3v) is 3.83. The summed E-state index contributed by atoms with van der Waals surface area (Å²) < 4.78 is 6.55. The van der Waals surface area contributed by atoms with E-state index in [1.807, 2.05) is 6.07 Å². The van der Waals surface area contributed by atoms with Crippen molar-refractivity contribution < 1.29 is 4.74 Å². The SMILES string of the molecule is C[C@@H](NCC1CCOC1)c1ccccc1Br. The molecular formula is C13H18BrNO. The van der Waals surface area contributed by atoms with Crippen LogP contribution in [0.15, 0.2) is 28.7 Å². The average molecular weight is 284 g/mol. The van der Waals surface area contributed by atoms with Crippen LogP contribution in [-0.2, 0) is 4.74 Å². The largest absolute Gasteiger partial charge is 0.381 e. The van der Waals surface area contributed by atoms with Gasteiger partial charge in [-0.1, -0.05) is 34.1 Å². The Morgan fingerprint density at radius 3 is 3.00 bits per heavy atom. The topological polar surface area (TPSA) is 21.3 Å². The minimum absolute atomic E-state index is 0.385. The van der Waals surface area contributed by atoms with E-state index in [9.17, 15) is 0 Å². The Labute approximate surface area is 106 Å². The molecule has 0 amide bonds. The van der Waals surface area contributed by atoms with E-state index in [-0.39, 0.29) is 0 Å². The van der Waals surface area contributed by atoms with Crippen molar-refractivity contribution in [3.63, 3.8) is 0 Å². The lowest BCUT2D eigenvalue weighted by Gasteiger charge is -2.17. The van der Waals surface area contributed by atoms with Crippen molar-refractivity contribution in [3.8, 4) is 0 Å². The molecule has 1 aliphatic rings. The molecule has 1 saturated heterocycles. The molecular weight excluding hydrogens is 266 g/mol. The van der Waals surface area contributed by atoms with Gasteiger partial charge in [-0.25, -0.2) is 0 Å². The first-order valence-electron chi connectivity index (χ1n) is 5.83. The Morgan fingerprint density at radius 2 is 2.31 bits per heavy atom. The van der Waals surface area contributed by atoms with Crippen LogP contribution in [0, 0.1) is 5.92 Å². The van der Waals surface area contributed by atoms with Crippen LogP contribution in [0.1, 0.15) is 24.9 Å². The van der Waals surface area contributed by atoms with Crippen molar-refractivity contribution >= 4 is 15.9 Å². The predicted molar refractivity (Wildman–Crippen MR) is 69.5 cm³/mol. The molecule has 0 aliphatic carbocycles. The van der Waals surface area contributed by atoms with Gasteiger partial charge in [0.25, 0.3) is 0 Å². The molecule has 2 nitrogen and oxygen atoms in total. The molecule has 0 radical (unpaired) electrons. The summed E-state index contributed by atoms with van der Waals surface area (Å²) in [4.78, 5) is 0. The van der Waals surface area contributed by atoms with E-state index in [0.29, 0.717) is 12.0 Å². The standard InChI is InChI=1S/C13H18BrNO/c1-10(12-4-2-3-5-13(12)14)15-8-11-6-7-16-9-11/h2-5,10-11,15H,6-9H2,1H3/t10-,11?/m1/s1. The maximum absolute atomic E-state index is 5.37. The van der Waals surface area contributed by atoms with E-state index in [2.05, 4.69) is 46.4 Å². The number of ether oxygens (including phenoxy) is 1. The predicted octanol–water partition coefficient (Wildman–Crippen LogP) is 3.14. The average Bonchev–Trinajstić information content (AvgIpc) is 2.79. The maximum Gasteiger partial charge on any atom is 0.0507 e. The van der Waals surface area contributed by atoms with Crippen LogP contribution in [-0.4, -0.2) is 19.8 Å². The second kappa shape index (κ2) is 5.80. The third kappa shape index (κ3) is 3.06. The lowest BCUT2D eigenvalue weighted by atomic mass is 10.1. The van der Waals surface area contributed by atoms with E-state index in [4.69, 9.17) is 4.74 Å². The van der Waals surface area contributed by atoms with Gasteiger partial charge in [0, 0.05) is 23.7 Å². The summed E-state index contributed by atoms with van der Waals surface area (Å²) >= 11 is 3.59. The highest BCUT2D eigenvalue weighted by molar-refractivity contribution is 9.10. The quantitative estimate of drug-likeness (QED) is 0.917. The van der Waals surface area contributed by atoms with Crippen LogP contribution in [0.3, 0.4) is 0 Å². The summed E-state index contributed by atoms with van der Waals surface area (Å²) in [5, 5.41) is 3.57. The summed E-state index contributed by atoms with van der Waals surface area (Å²) in [6.45, 7) is 5.09. The lowest BCUT2D eigenvalue weighted by molar-refractivity contribution is 0.184. The van der Waals surface area contributed by atoms with Gasteiger partial charge in [-0.15, -0.1) is 0 Å². The molecule has 0 spiro atoms. The van der Waals surface area contributed by atoms with Crippen LogP contribution in [0.25, 0.3) is 0 Å². The fraction of sp³-hybridized carbons (Fsp3) is 0.538. The second-order valence-electron chi connectivity index (χ2n) is 4.38. The molecule has 2 atom stereocenters. The number of hydrogen-bond donors (Lipinski definition) is 1. The van der Waals surface area contributed by atoms with Crippen LogP contribution >= 0.6 is 15.9 Å². The summed E-state index contributed by atoms with van der Waals surface area (Å²) in [5.74, 6) is 0.685. The Morgan fingerprint density at radius 1 is 1.50 bits per heavy atom. The zero-order valence-corrected chi connectivity index (χ0v) is 11.2. The Kier molecular flexibility index (Phi) is 4.38. The van der Waals surface area contributed by atoms with Crippen molar-refractivity contribution in [2.75, 3.05) is 19.8 Å². The molecule has 0 bridgehead atoms. The zero-order chi connectivity index (χ0) is 11.4. The lowest BCUT2D eigenvalue weighted by Crippen LogP contribution is -2.26. The number of nitrogens with one attached hydrogen (secondary N) is 1. The van der Waals surface area contributed by atoms with Crippen LogP contribution in [0.2, 0.25) is 0 Å². The smallest absolute Gasteiger partial charge is 0.0507 e. The summed E-state index contributed by atoms with van der Waals surface area (Å²) in [6.07, 6.45) is 1.19. The molecule has 0 aromatic heterocycles. The Hall–Kier alpha value is -0.380. The van der Waals surface area contributed by atoms with E-state index in [0.717, 1.165) is 19.8 Å². The number of benzene rings is 1. The molecule has 1 N–H and O–H groups in total. The van der Waals surface area contributed by atoms with Gasteiger partial charge >= 0.3 is 0 Å². The molecule has 0 saturated carbocycles. The summed E-state index contributed by atoms with van der Waals surface area (Å²) in [5.41, 5.74) is 1.32. The molecule has 1 heterocycles. The number of hydrogen-bond acceptors (Lipinski definition) is 2. The van der Waals surface area contributed by atoms with Gasteiger partial charge in [0.1, 0.15) is 0 Å². The van der Waals surface area contributed by atoms with Crippen molar-refractivity contribution in [3.05, 3.63) is 34.3 Å². The highest BCUT2D eigenvalue weighted by Gasteiger charge is 2.17. The molecule has 2 rings (SSSR count). The highest BCUT2D eigenvalue weighted by Crippen LogP contribution is 2.23. The van der Waals surface area contributed by atoms with Gasteiger partial charge < -0.3 is 10.1 Å². The Balaban J connectivity index is 1.87. The first-order valence-corrected chi connectivity index (χ1v) is 6.62. The number of halogens is 1. The molecule has 88 valence electrons. The summed E-state index contributed by atoms with van der Waals surface area (Å²) in [6, 6.07) is 8.76. The minimum atomic E-state index is 0.385. The van der Waals surface area contributed by atoms with Crippen LogP contribution < -0.4 is 5.32 Å². The first-order chi connectivity index (χ1) is 7.77. The van der Waals surface area contributed by atoms with Gasteiger partial charge in [-0.2, -0.15) is 0 Å². The molecule has 1 aliphatic heterocycles. The first kappa shape index (κ1) is 12.1. The fourth-order valence-electron chi connectivity index (χ4n) is 2.02. The third-order valence-electron chi connectivity index (χ3n) is 3.11. The van der Waals surface area contributed by atoms with E-state index < -0.39 is 0 Å². The second-order valence-corrected chi connectivity index (χ2v) is 5.24. The maximum atomic E-state index is 5.37. The highest BCUT2D eigenvalue weighted by atomic mass is 79.9. The van der Waals surface area contributed by atoms with Gasteiger partial charge in [-0.05, 0) is 30.9 Å². The van der Waals surface area contributed by atoms with Gasteiger partial charge in [0.2, 0.25) is 0 Å². The van der Waals surface area contributed by atoms with Gasteiger partial charge in [-0.3, -0.25) is 0 Å². The number of rotatable bonds is 4. The molecule has 1 aromatic carbocycles. The molecule has 1 fully saturated rings. The van der Waals surface area contributed by atoms with Gasteiger partial charge in [0.05, 0.1) is 6.61 Å². The van der Waals surface area contributed by atoms with Crippen molar-refractivity contribution in [1.82, 2.24) is 5.32 Å². The Bertz CT molecular complexity index is 336. The minimum Gasteiger partial charge on any atom is -0.381 e. The van der Waals surface area contributed by atoms with Crippen molar-refractivity contribution in [2.24, 2.45) is 5.92 Å².